The number of nitrogens with zero attached hydrogens (tertiary/aromatic N) is 2. The van der Waals surface area contributed by atoms with Gasteiger partial charge in [0.15, 0.2) is 5.84 Å². The highest BCUT2D eigenvalue weighted by Crippen LogP contribution is 2.19. The fourth-order valence-electron chi connectivity index (χ4n) is 1.62. The van der Waals surface area contributed by atoms with Gasteiger partial charge in [0.1, 0.15) is 4.88 Å². The quantitative estimate of drug-likeness (QED) is 0.349. The fraction of sp³-hybridized carbons (Fsp3) is 0.154. The van der Waals surface area contributed by atoms with Crippen LogP contribution in [0.5, 0.6) is 0 Å². The zero-order valence-electron chi connectivity index (χ0n) is 11.0. The van der Waals surface area contributed by atoms with Gasteiger partial charge in [0.05, 0.1) is 11.2 Å². The van der Waals surface area contributed by atoms with Crippen LogP contribution >= 0.6 is 11.3 Å². The summed E-state index contributed by atoms with van der Waals surface area (Å²) in [5.74, 6) is -0.232. The largest absolute Gasteiger partial charge is 0.409 e. The first-order valence-corrected chi connectivity index (χ1v) is 6.65. The Bertz CT molecular complexity index is 679. The van der Waals surface area contributed by atoms with Gasteiger partial charge < -0.3 is 16.3 Å². The number of oxime groups is 1. The second kappa shape index (κ2) is 5.70. The molecule has 0 fully saturated rings. The molecule has 0 atom stereocenters. The maximum atomic E-state index is 12.1. The van der Waals surface area contributed by atoms with Crippen LogP contribution in [0.25, 0.3) is 0 Å². The van der Waals surface area contributed by atoms with Crippen molar-refractivity contribution in [2.75, 3.05) is 5.32 Å². The third-order valence-corrected chi connectivity index (χ3v) is 3.65. The molecule has 104 valence electrons. The Balaban J connectivity index is 2.26. The lowest BCUT2D eigenvalue weighted by molar-refractivity contribution is 0.103. The van der Waals surface area contributed by atoms with Crippen LogP contribution in [0.15, 0.2) is 29.6 Å². The summed E-state index contributed by atoms with van der Waals surface area (Å²) in [5, 5.41) is 15.3. The number of anilines is 1. The van der Waals surface area contributed by atoms with Gasteiger partial charge >= 0.3 is 0 Å². The zero-order chi connectivity index (χ0) is 14.7. The Morgan fingerprint density at radius 3 is 2.80 bits per heavy atom. The predicted octanol–water partition coefficient (Wildman–Crippen LogP) is 2.11. The van der Waals surface area contributed by atoms with E-state index in [9.17, 15) is 4.79 Å². The highest BCUT2D eigenvalue weighted by molar-refractivity contribution is 7.13. The molecule has 0 saturated carbocycles. The highest BCUT2D eigenvalue weighted by Gasteiger charge is 2.11. The van der Waals surface area contributed by atoms with E-state index in [0.717, 1.165) is 10.6 Å². The topological polar surface area (TPSA) is 101 Å². The van der Waals surface area contributed by atoms with Crippen LogP contribution < -0.4 is 11.1 Å². The summed E-state index contributed by atoms with van der Waals surface area (Å²) in [6.07, 6.45) is 1.54. The molecule has 7 heteroatoms. The minimum absolute atomic E-state index is 0.00543. The van der Waals surface area contributed by atoms with Crippen molar-refractivity contribution >= 4 is 28.8 Å². The maximum Gasteiger partial charge on any atom is 0.267 e. The molecular weight excluding hydrogens is 276 g/mol. The Hall–Kier alpha value is -2.41. The highest BCUT2D eigenvalue weighted by atomic mass is 32.1. The number of nitrogens with one attached hydrogen (secondary N) is 1. The lowest BCUT2D eigenvalue weighted by Gasteiger charge is -2.09. The van der Waals surface area contributed by atoms with Gasteiger partial charge in [-0.3, -0.25) is 4.79 Å². The van der Waals surface area contributed by atoms with E-state index in [1.165, 1.54) is 17.5 Å². The van der Waals surface area contributed by atoms with Gasteiger partial charge in [0.25, 0.3) is 5.91 Å². The molecule has 0 bridgehead atoms. The minimum Gasteiger partial charge on any atom is -0.409 e. The summed E-state index contributed by atoms with van der Waals surface area (Å²) in [4.78, 5) is 16.7. The number of carbonyl (C=O) groups is 1. The number of nitrogens with two attached hydrogens (primary N) is 1. The summed E-state index contributed by atoms with van der Waals surface area (Å²) in [5.41, 5.74) is 7.57. The number of benzene rings is 1. The Kier molecular flexibility index (Phi) is 3.99. The van der Waals surface area contributed by atoms with Gasteiger partial charge in [-0.1, -0.05) is 17.3 Å². The van der Waals surface area contributed by atoms with Crippen molar-refractivity contribution in [3.8, 4) is 0 Å². The van der Waals surface area contributed by atoms with Crippen LogP contribution in [0.3, 0.4) is 0 Å². The smallest absolute Gasteiger partial charge is 0.267 e. The SMILES string of the molecule is Cc1ncc(C(=O)Nc2cc(/C(N)=N/O)ccc2C)s1. The molecule has 2 rings (SSSR count). The number of amidine groups is 1. The number of hydrogen-bond acceptors (Lipinski definition) is 5. The number of amides is 1. The normalized spacial score (nSPS) is 11.4. The monoisotopic (exact) mass is 290 g/mol. The third-order valence-electron chi connectivity index (χ3n) is 2.73. The molecule has 1 aromatic heterocycles. The van der Waals surface area contributed by atoms with Crippen LogP contribution in [-0.2, 0) is 0 Å². The molecule has 0 spiro atoms. The van der Waals surface area contributed by atoms with Gasteiger partial charge in [-0.25, -0.2) is 4.98 Å². The van der Waals surface area contributed by atoms with Crippen molar-refractivity contribution in [2.24, 2.45) is 10.9 Å². The maximum absolute atomic E-state index is 12.1. The number of aryl methyl sites for hydroxylation is 2. The van der Waals surface area contributed by atoms with Gasteiger partial charge in [0.2, 0.25) is 0 Å². The van der Waals surface area contributed by atoms with Crippen molar-refractivity contribution in [2.45, 2.75) is 13.8 Å². The first kappa shape index (κ1) is 14.0. The minimum atomic E-state index is -0.227. The van der Waals surface area contributed by atoms with E-state index in [-0.39, 0.29) is 11.7 Å². The molecule has 0 aliphatic heterocycles. The predicted molar refractivity (Wildman–Crippen MR) is 78.5 cm³/mol. The number of thiazole rings is 1. The Morgan fingerprint density at radius 1 is 1.45 bits per heavy atom. The van der Waals surface area contributed by atoms with E-state index >= 15 is 0 Å². The molecule has 0 aliphatic carbocycles. The first-order chi connectivity index (χ1) is 9.51. The molecule has 0 radical (unpaired) electrons. The average Bonchev–Trinajstić information content (AvgIpc) is 2.87. The summed E-state index contributed by atoms with van der Waals surface area (Å²) in [6, 6.07) is 5.17. The molecule has 2 aromatic rings. The Labute approximate surface area is 120 Å². The molecule has 1 aromatic carbocycles. The van der Waals surface area contributed by atoms with Gasteiger partial charge in [-0.15, -0.1) is 11.3 Å². The average molecular weight is 290 g/mol. The Morgan fingerprint density at radius 2 is 2.20 bits per heavy atom. The number of carbonyl (C=O) groups excluding carboxylic acids is 1. The second-order valence-corrected chi connectivity index (χ2v) is 5.45. The molecular formula is C13H14N4O2S. The molecule has 0 saturated heterocycles. The summed E-state index contributed by atoms with van der Waals surface area (Å²) in [6.45, 7) is 3.70. The van der Waals surface area contributed by atoms with Crippen molar-refractivity contribution in [1.29, 1.82) is 0 Å². The number of aromatic nitrogens is 1. The molecule has 20 heavy (non-hydrogen) atoms. The van der Waals surface area contributed by atoms with E-state index in [1.54, 1.807) is 18.2 Å². The lowest BCUT2D eigenvalue weighted by atomic mass is 10.1. The van der Waals surface area contributed by atoms with Crippen LogP contribution in [0, 0.1) is 13.8 Å². The van der Waals surface area contributed by atoms with E-state index in [0.29, 0.717) is 16.1 Å². The second-order valence-electron chi connectivity index (χ2n) is 4.21. The standard InChI is InChI=1S/C13H14N4O2S/c1-7-3-4-9(12(14)17-19)5-10(7)16-13(18)11-6-15-8(2)20-11/h3-6,19H,1-2H3,(H2,14,17)(H,16,18). The molecule has 6 nitrogen and oxygen atoms in total. The van der Waals surface area contributed by atoms with E-state index in [1.807, 2.05) is 13.8 Å². The zero-order valence-corrected chi connectivity index (χ0v) is 11.9. The van der Waals surface area contributed by atoms with Crippen molar-refractivity contribution in [3.05, 3.63) is 45.4 Å². The summed E-state index contributed by atoms with van der Waals surface area (Å²) >= 11 is 1.32. The number of rotatable bonds is 3. The van der Waals surface area contributed by atoms with Gasteiger partial charge in [-0.05, 0) is 25.5 Å². The first-order valence-electron chi connectivity index (χ1n) is 5.83. The lowest BCUT2D eigenvalue weighted by Crippen LogP contribution is -2.15. The van der Waals surface area contributed by atoms with Crippen molar-refractivity contribution < 1.29 is 10.0 Å². The van der Waals surface area contributed by atoms with Gasteiger partial charge in [-0.2, -0.15) is 0 Å². The molecule has 0 aliphatic rings. The molecule has 1 heterocycles. The van der Waals surface area contributed by atoms with E-state index in [4.69, 9.17) is 10.9 Å². The van der Waals surface area contributed by atoms with Crippen LogP contribution in [0.1, 0.15) is 25.8 Å². The number of hydrogen-bond donors (Lipinski definition) is 3. The van der Waals surface area contributed by atoms with E-state index < -0.39 is 0 Å². The molecule has 1 amide bonds. The van der Waals surface area contributed by atoms with Crippen LogP contribution in [0.4, 0.5) is 5.69 Å². The summed E-state index contributed by atoms with van der Waals surface area (Å²) < 4.78 is 0. The third kappa shape index (κ3) is 2.94. The van der Waals surface area contributed by atoms with Crippen LogP contribution in [-0.4, -0.2) is 21.9 Å². The fourth-order valence-corrected chi connectivity index (χ4v) is 2.30. The van der Waals surface area contributed by atoms with E-state index in [2.05, 4.69) is 15.5 Å². The van der Waals surface area contributed by atoms with Crippen molar-refractivity contribution in [1.82, 2.24) is 4.98 Å². The van der Waals surface area contributed by atoms with Crippen molar-refractivity contribution in [3.63, 3.8) is 0 Å². The van der Waals surface area contributed by atoms with Crippen LogP contribution in [0.2, 0.25) is 0 Å². The summed E-state index contributed by atoms with van der Waals surface area (Å²) in [7, 11) is 0. The molecule has 0 unspecified atom stereocenters. The molecule has 4 N–H and O–H groups in total. The van der Waals surface area contributed by atoms with Gasteiger partial charge in [0, 0.05) is 11.3 Å².